The normalized spacial score (nSPS) is 27.1. The number of β-lactam (4-membered cyclic amide) rings is 1. The van der Waals surface area contributed by atoms with Gasteiger partial charge in [-0.15, -0.1) is 11.3 Å². The summed E-state index contributed by atoms with van der Waals surface area (Å²) in [5, 5.41) is 0. The first-order valence-corrected chi connectivity index (χ1v) is 7.99. The molecule has 1 spiro atoms. The third-order valence-electron chi connectivity index (χ3n) is 4.33. The van der Waals surface area contributed by atoms with E-state index in [2.05, 4.69) is 9.88 Å². The number of rotatable bonds is 5. The minimum atomic E-state index is -0.114. The van der Waals surface area contributed by atoms with E-state index >= 15 is 0 Å². The van der Waals surface area contributed by atoms with E-state index in [1.54, 1.807) is 18.4 Å². The van der Waals surface area contributed by atoms with E-state index in [9.17, 15) is 4.79 Å². The second-order valence-corrected chi connectivity index (χ2v) is 6.75. The van der Waals surface area contributed by atoms with Gasteiger partial charge in [-0.05, 0) is 19.4 Å². The van der Waals surface area contributed by atoms with Crippen molar-refractivity contribution in [3.8, 4) is 0 Å². The Morgan fingerprint density at radius 2 is 2.40 bits per heavy atom. The maximum atomic E-state index is 12.5. The topological polar surface area (TPSA) is 45.7 Å². The molecule has 0 aromatic carbocycles. The summed E-state index contributed by atoms with van der Waals surface area (Å²) in [5.41, 5.74) is 1.71. The average molecular weight is 295 g/mol. The van der Waals surface area contributed by atoms with Crippen LogP contribution in [-0.4, -0.2) is 60.6 Å². The van der Waals surface area contributed by atoms with Crippen LogP contribution in [0.1, 0.15) is 17.7 Å². The van der Waals surface area contributed by atoms with Gasteiger partial charge in [0.1, 0.15) is 0 Å². The predicted molar refractivity (Wildman–Crippen MR) is 77.5 cm³/mol. The summed E-state index contributed by atoms with van der Waals surface area (Å²) in [5.74, 6) is 0.327. The Hall–Kier alpha value is -0.980. The molecule has 0 bridgehead atoms. The molecule has 3 heterocycles. The molecule has 2 aliphatic heterocycles. The highest BCUT2D eigenvalue weighted by atomic mass is 32.1. The quantitative estimate of drug-likeness (QED) is 0.766. The Kier molecular flexibility index (Phi) is 4.05. The molecule has 0 unspecified atom stereocenters. The zero-order valence-corrected chi connectivity index (χ0v) is 12.7. The average Bonchev–Trinajstić information content (AvgIpc) is 2.98. The molecule has 1 atom stereocenters. The number of carbonyl (C=O) groups is 1. The third kappa shape index (κ3) is 2.60. The van der Waals surface area contributed by atoms with Gasteiger partial charge in [-0.25, -0.2) is 0 Å². The Morgan fingerprint density at radius 3 is 3.10 bits per heavy atom. The van der Waals surface area contributed by atoms with Crippen molar-refractivity contribution < 1.29 is 9.53 Å². The van der Waals surface area contributed by atoms with Crippen LogP contribution in [0.15, 0.2) is 11.7 Å². The molecule has 0 radical (unpaired) electrons. The standard InChI is InChI=1S/C14H21N3O2S/c1-19-6-5-16-4-2-3-14(9-16)10-17(13(14)18)8-12-7-15-11-20-12/h7,11H,2-6,8-10H2,1H3/t14-/m0/s1. The molecular formula is C14H21N3O2S. The van der Waals surface area contributed by atoms with E-state index in [4.69, 9.17) is 4.74 Å². The van der Waals surface area contributed by atoms with Crippen molar-refractivity contribution in [2.75, 3.05) is 39.9 Å². The van der Waals surface area contributed by atoms with Crippen LogP contribution >= 0.6 is 11.3 Å². The molecule has 1 amide bonds. The number of nitrogens with zero attached hydrogens (tertiary/aromatic N) is 3. The van der Waals surface area contributed by atoms with Gasteiger partial charge in [-0.2, -0.15) is 0 Å². The van der Waals surface area contributed by atoms with Crippen molar-refractivity contribution >= 4 is 17.2 Å². The van der Waals surface area contributed by atoms with E-state index in [0.717, 1.165) is 52.2 Å². The molecule has 6 heteroatoms. The van der Waals surface area contributed by atoms with Gasteiger partial charge in [-0.1, -0.05) is 0 Å². The number of carbonyl (C=O) groups excluding carboxylic acids is 1. The van der Waals surface area contributed by atoms with Crippen LogP contribution in [-0.2, 0) is 16.1 Å². The fraction of sp³-hybridized carbons (Fsp3) is 0.714. The van der Waals surface area contributed by atoms with Gasteiger partial charge < -0.3 is 9.64 Å². The van der Waals surface area contributed by atoms with Crippen LogP contribution in [0.4, 0.5) is 0 Å². The van der Waals surface area contributed by atoms with Crippen LogP contribution in [0.25, 0.3) is 0 Å². The van der Waals surface area contributed by atoms with E-state index < -0.39 is 0 Å². The molecule has 0 N–H and O–H groups in total. The molecule has 5 nitrogen and oxygen atoms in total. The van der Waals surface area contributed by atoms with Crippen molar-refractivity contribution in [2.45, 2.75) is 19.4 Å². The van der Waals surface area contributed by atoms with Crippen molar-refractivity contribution in [1.82, 2.24) is 14.8 Å². The molecule has 20 heavy (non-hydrogen) atoms. The fourth-order valence-corrected chi connectivity index (χ4v) is 3.94. The van der Waals surface area contributed by atoms with E-state index in [-0.39, 0.29) is 5.41 Å². The summed E-state index contributed by atoms with van der Waals surface area (Å²) in [6.07, 6.45) is 4.01. The zero-order chi connectivity index (χ0) is 14.0. The van der Waals surface area contributed by atoms with Crippen molar-refractivity contribution in [1.29, 1.82) is 0 Å². The van der Waals surface area contributed by atoms with Gasteiger partial charge in [0.25, 0.3) is 0 Å². The minimum Gasteiger partial charge on any atom is -0.383 e. The maximum absolute atomic E-state index is 12.5. The van der Waals surface area contributed by atoms with Gasteiger partial charge in [-0.3, -0.25) is 14.7 Å². The second kappa shape index (κ2) is 5.79. The second-order valence-electron chi connectivity index (χ2n) is 5.78. The summed E-state index contributed by atoms with van der Waals surface area (Å²) in [6, 6.07) is 0. The highest BCUT2D eigenvalue weighted by Crippen LogP contribution is 2.41. The van der Waals surface area contributed by atoms with Gasteiger partial charge in [0, 0.05) is 37.8 Å². The highest BCUT2D eigenvalue weighted by molar-refractivity contribution is 7.09. The van der Waals surface area contributed by atoms with Gasteiger partial charge in [0.15, 0.2) is 0 Å². The Labute approximate surface area is 123 Å². The van der Waals surface area contributed by atoms with Crippen molar-refractivity contribution in [2.24, 2.45) is 5.41 Å². The first-order valence-electron chi connectivity index (χ1n) is 7.11. The molecule has 2 saturated heterocycles. The Morgan fingerprint density at radius 1 is 1.50 bits per heavy atom. The predicted octanol–water partition coefficient (Wildman–Crippen LogP) is 1.21. The van der Waals surface area contributed by atoms with Gasteiger partial charge in [0.2, 0.25) is 5.91 Å². The molecule has 0 aliphatic carbocycles. The van der Waals surface area contributed by atoms with Crippen LogP contribution in [0.2, 0.25) is 0 Å². The number of amides is 1. The first kappa shape index (κ1) is 14.0. The molecular weight excluding hydrogens is 274 g/mol. The lowest BCUT2D eigenvalue weighted by molar-refractivity contribution is -0.167. The molecule has 3 rings (SSSR count). The van der Waals surface area contributed by atoms with Gasteiger partial charge >= 0.3 is 0 Å². The molecule has 110 valence electrons. The van der Waals surface area contributed by atoms with Crippen LogP contribution in [0.3, 0.4) is 0 Å². The lowest BCUT2D eigenvalue weighted by Gasteiger charge is -2.53. The molecule has 1 aromatic rings. The number of methoxy groups -OCH3 is 1. The minimum absolute atomic E-state index is 0.114. The summed E-state index contributed by atoms with van der Waals surface area (Å²) < 4.78 is 5.14. The number of hydrogen-bond acceptors (Lipinski definition) is 5. The Bertz CT molecular complexity index is 465. The molecule has 2 aliphatic rings. The zero-order valence-electron chi connectivity index (χ0n) is 11.9. The number of hydrogen-bond donors (Lipinski definition) is 0. The molecule has 0 saturated carbocycles. The van der Waals surface area contributed by atoms with E-state index in [1.807, 2.05) is 16.6 Å². The van der Waals surface area contributed by atoms with Crippen LogP contribution in [0, 0.1) is 5.41 Å². The summed E-state index contributed by atoms with van der Waals surface area (Å²) in [7, 11) is 1.73. The Balaban J connectivity index is 1.56. The largest absolute Gasteiger partial charge is 0.383 e. The first-order chi connectivity index (χ1) is 9.73. The monoisotopic (exact) mass is 295 g/mol. The molecule has 1 aromatic heterocycles. The van der Waals surface area contributed by atoms with Crippen LogP contribution in [0.5, 0.6) is 0 Å². The lowest BCUT2D eigenvalue weighted by Crippen LogP contribution is -2.66. The molecule has 2 fully saturated rings. The number of likely N-dealkylation sites (tertiary alicyclic amines) is 2. The van der Waals surface area contributed by atoms with Crippen molar-refractivity contribution in [3.63, 3.8) is 0 Å². The number of thiazole rings is 1. The fourth-order valence-electron chi connectivity index (χ4n) is 3.33. The SMILES string of the molecule is COCCN1CCC[C@]2(C1)CN(Cc1cncs1)C2=O. The van der Waals surface area contributed by atoms with Crippen molar-refractivity contribution in [3.05, 3.63) is 16.6 Å². The number of aromatic nitrogens is 1. The summed E-state index contributed by atoms with van der Waals surface area (Å²) in [4.78, 5) is 22.1. The third-order valence-corrected chi connectivity index (χ3v) is 5.10. The van der Waals surface area contributed by atoms with E-state index in [0.29, 0.717) is 5.91 Å². The highest BCUT2D eigenvalue weighted by Gasteiger charge is 2.53. The van der Waals surface area contributed by atoms with E-state index in [1.165, 1.54) is 4.88 Å². The maximum Gasteiger partial charge on any atom is 0.232 e. The summed E-state index contributed by atoms with van der Waals surface area (Å²) >= 11 is 1.62. The smallest absolute Gasteiger partial charge is 0.232 e. The van der Waals surface area contributed by atoms with Gasteiger partial charge in [0.05, 0.1) is 24.1 Å². The number of ether oxygens (including phenoxy) is 1. The lowest BCUT2D eigenvalue weighted by atomic mass is 9.72. The number of piperidine rings is 1. The van der Waals surface area contributed by atoms with Crippen LogP contribution < -0.4 is 0 Å². The summed E-state index contributed by atoms with van der Waals surface area (Å²) in [6.45, 7) is 5.29.